The van der Waals surface area contributed by atoms with Crippen LogP contribution in [0.3, 0.4) is 0 Å². The van der Waals surface area contributed by atoms with Crippen molar-refractivity contribution in [3.05, 3.63) is 29.0 Å². The van der Waals surface area contributed by atoms with Crippen LogP contribution in [0.25, 0.3) is 10.8 Å². The minimum atomic E-state index is 0.0160. The molecule has 3 rings (SSSR count). The van der Waals surface area contributed by atoms with Crippen molar-refractivity contribution >= 4 is 17.2 Å². The van der Waals surface area contributed by atoms with E-state index in [0.717, 1.165) is 54.5 Å². The number of amides is 1. The van der Waals surface area contributed by atoms with Crippen LogP contribution in [0.4, 0.5) is 0 Å². The van der Waals surface area contributed by atoms with E-state index in [1.165, 1.54) is 11.3 Å². The zero-order chi connectivity index (χ0) is 21.2. The number of unbranched alkanes of at least 4 members (excludes halogenated alkanes) is 1. The highest BCUT2D eigenvalue weighted by molar-refractivity contribution is 7.13. The molecule has 160 valence electrons. The first-order valence-corrected chi connectivity index (χ1v) is 11.6. The number of nitrogens with one attached hydrogen (secondary N) is 1. The quantitative estimate of drug-likeness (QED) is 0.673. The number of piperidine rings is 1. The second-order valence-electron chi connectivity index (χ2n) is 9.63. The summed E-state index contributed by atoms with van der Waals surface area (Å²) in [7, 11) is 0. The maximum atomic E-state index is 13.3. The minimum absolute atomic E-state index is 0.0160. The van der Waals surface area contributed by atoms with Gasteiger partial charge in [0.25, 0.3) is 0 Å². The van der Waals surface area contributed by atoms with Crippen molar-refractivity contribution in [2.75, 3.05) is 6.54 Å². The second kappa shape index (κ2) is 8.60. The zero-order valence-electron chi connectivity index (χ0n) is 18.7. The van der Waals surface area contributed by atoms with E-state index in [2.05, 4.69) is 49.8 Å². The van der Waals surface area contributed by atoms with Crippen molar-refractivity contribution in [3.63, 3.8) is 0 Å². The van der Waals surface area contributed by atoms with Gasteiger partial charge in [0, 0.05) is 29.0 Å². The number of hydrogen-bond donors (Lipinski definition) is 1. The van der Waals surface area contributed by atoms with Gasteiger partial charge in [-0.2, -0.15) is 0 Å². The average Bonchev–Trinajstić information content (AvgIpc) is 3.21. The topological polar surface area (TPSA) is 58.4 Å². The molecule has 0 aromatic carbocycles. The summed E-state index contributed by atoms with van der Waals surface area (Å²) in [6.07, 6.45) is 4.41. The SMILES string of the molecule is CCCCN(C(=O)Cc1csc(-c2ccc(C)o2)n1)C1CC(C)(C)NC(C)(C)C1. The Bertz CT molecular complexity index is 821. The number of carbonyl (C=O) groups is 1. The van der Waals surface area contributed by atoms with Gasteiger partial charge in [-0.3, -0.25) is 4.79 Å². The molecule has 0 saturated carbocycles. The number of thiazole rings is 1. The van der Waals surface area contributed by atoms with Crippen molar-refractivity contribution in [1.82, 2.24) is 15.2 Å². The lowest BCUT2D eigenvalue weighted by atomic mass is 9.79. The first-order valence-electron chi connectivity index (χ1n) is 10.7. The molecular weight excluding hydrogens is 382 g/mol. The van der Waals surface area contributed by atoms with Crippen LogP contribution in [0.1, 0.15) is 71.8 Å². The smallest absolute Gasteiger partial charge is 0.228 e. The molecule has 2 aromatic rings. The molecule has 0 bridgehead atoms. The maximum absolute atomic E-state index is 13.3. The predicted octanol–water partition coefficient (Wildman–Crippen LogP) is 5.19. The van der Waals surface area contributed by atoms with Gasteiger partial charge in [-0.05, 0) is 66.0 Å². The molecule has 1 amide bonds. The molecule has 5 nitrogen and oxygen atoms in total. The Kier molecular flexibility index (Phi) is 6.54. The second-order valence-corrected chi connectivity index (χ2v) is 10.5. The highest BCUT2D eigenvalue weighted by Gasteiger charge is 2.41. The summed E-state index contributed by atoms with van der Waals surface area (Å²) in [6.45, 7) is 13.9. The van der Waals surface area contributed by atoms with Crippen LogP contribution in [-0.4, -0.2) is 39.5 Å². The maximum Gasteiger partial charge on any atom is 0.228 e. The van der Waals surface area contributed by atoms with Gasteiger partial charge >= 0.3 is 0 Å². The van der Waals surface area contributed by atoms with E-state index in [0.29, 0.717) is 6.42 Å². The van der Waals surface area contributed by atoms with Crippen LogP contribution in [0, 0.1) is 6.92 Å². The largest absolute Gasteiger partial charge is 0.459 e. The van der Waals surface area contributed by atoms with Crippen LogP contribution in [-0.2, 0) is 11.2 Å². The molecule has 0 aliphatic carbocycles. The highest BCUT2D eigenvalue weighted by Crippen LogP contribution is 2.32. The third-order valence-electron chi connectivity index (χ3n) is 5.52. The number of aromatic nitrogens is 1. The lowest BCUT2D eigenvalue weighted by Gasteiger charge is -2.49. The van der Waals surface area contributed by atoms with Gasteiger partial charge in [-0.25, -0.2) is 4.98 Å². The molecule has 29 heavy (non-hydrogen) atoms. The predicted molar refractivity (Wildman–Crippen MR) is 119 cm³/mol. The first-order chi connectivity index (χ1) is 13.6. The number of carbonyl (C=O) groups excluding carboxylic acids is 1. The fourth-order valence-corrected chi connectivity index (χ4v) is 5.41. The molecule has 1 fully saturated rings. The van der Waals surface area contributed by atoms with Crippen LogP contribution in [0.5, 0.6) is 0 Å². The summed E-state index contributed by atoms with van der Waals surface area (Å²) >= 11 is 1.54. The van der Waals surface area contributed by atoms with Crippen LogP contribution in [0.15, 0.2) is 21.9 Å². The van der Waals surface area contributed by atoms with Gasteiger partial charge in [0.05, 0.1) is 12.1 Å². The molecular formula is C23H35N3O2S. The van der Waals surface area contributed by atoms with E-state index in [4.69, 9.17) is 4.42 Å². The van der Waals surface area contributed by atoms with Crippen molar-refractivity contribution in [2.45, 2.75) is 90.8 Å². The van der Waals surface area contributed by atoms with Crippen LogP contribution in [0.2, 0.25) is 0 Å². The molecule has 3 heterocycles. The molecule has 6 heteroatoms. The van der Waals surface area contributed by atoms with Crippen molar-refractivity contribution in [1.29, 1.82) is 0 Å². The summed E-state index contributed by atoms with van der Waals surface area (Å²) < 4.78 is 5.68. The first kappa shape index (κ1) is 22.0. The normalized spacial score (nSPS) is 18.7. The molecule has 1 aliphatic rings. The van der Waals surface area contributed by atoms with Crippen LogP contribution < -0.4 is 5.32 Å². The van der Waals surface area contributed by atoms with Gasteiger partial charge in [-0.15, -0.1) is 11.3 Å². The lowest BCUT2D eigenvalue weighted by molar-refractivity contribution is -0.134. The van der Waals surface area contributed by atoms with E-state index in [1.807, 2.05) is 24.4 Å². The van der Waals surface area contributed by atoms with Gasteiger partial charge < -0.3 is 14.6 Å². The molecule has 0 atom stereocenters. The summed E-state index contributed by atoms with van der Waals surface area (Å²) in [5.41, 5.74) is 0.863. The number of aryl methyl sites for hydroxylation is 1. The van der Waals surface area contributed by atoms with Gasteiger partial charge in [0.1, 0.15) is 5.76 Å². The molecule has 0 spiro atoms. The third kappa shape index (κ3) is 5.70. The molecule has 0 unspecified atom stereocenters. The number of rotatable bonds is 7. The van der Waals surface area contributed by atoms with E-state index < -0.39 is 0 Å². The number of furan rings is 1. The summed E-state index contributed by atoms with van der Waals surface area (Å²) in [6, 6.07) is 4.13. The Balaban J connectivity index is 1.75. The van der Waals surface area contributed by atoms with E-state index in [9.17, 15) is 4.79 Å². The van der Waals surface area contributed by atoms with E-state index in [-0.39, 0.29) is 23.0 Å². The Morgan fingerprint density at radius 2 is 1.97 bits per heavy atom. The monoisotopic (exact) mass is 417 g/mol. The molecule has 1 N–H and O–H groups in total. The molecule has 0 radical (unpaired) electrons. The minimum Gasteiger partial charge on any atom is -0.459 e. The summed E-state index contributed by atoms with van der Waals surface area (Å²) in [4.78, 5) is 20.1. The Morgan fingerprint density at radius 1 is 1.28 bits per heavy atom. The Hall–Kier alpha value is -1.66. The van der Waals surface area contributed by atoms with E-state index >= 15 is 0 Å². The molecule has 2 aromatic heterocycles. The van der Waals surface area contributed by atoms with Crippen molar-refractivity contribution in [2.24, 2.45) is 0 Å². The lowest BCUT2D eigenvalue weighted by Crippen LogP contribution is -2.63. The molecule has 1 saturated heterocycles. The van der Waals surface area contributed by atoms with Crippen LogP contribution >= 0.6 is 11.3 Å². The standard InChI is InChI=1S/C23H35N3O2S/c1-7-8-11-26(18-13-22(3,4)25-23(5,6)14-18)20(27)12-17-15-29-21(24-17)19-10-9-16(2)28-19/h9-10,15,18,25H,7-8,11-14H2,1-6H3. The van der Waals surface area contributed by atoms with Crippen molar-refractivity contribution < 1.29 is 9.21 Å². The van der Waals surface area contributed by atoms with E-state index in [1.54, 1.807) is 0 Å². The average molecular weight is 418 g/mol. The fourth-order valence-electron chi connectivity index (χ4n) is 4.64. The molecule has 1 aliphatic heterocycles. The highest BCUT2D eigenvalue weighted by atomic mass is 32.1. The van der Waals surface area contributed by atoms with Gasteiger partial charge in [0.2, 0.25) is 5.91 Å². The van der Waals surface area contributed by atoms with Crippen molar-refractivity contribution in [3.8, 4) is 10.8 Å². The number of nitrogens with zero attached hydrogens (tertiary/aromatic N) is 2. The Morgan fingerprint density at radius 3 is 2.55 bits per heavy atom. The van der Waals surface area contributed by atoms with Gasteiger partial charge in [-0.1, -0.05) is 13.3 Å². The Labute approximate surface area is 178 Å². The number of hydrogen-bond acceptors (Lipinski definition) is 5. The third-order valence-corrected chi connectivity index (χ3v) is 6.42. The summed E-state index contributed by atoms with van der Waals surface area (Å²) in [5, 5.41) is 6.55. The summed E-state index contributed by atoms with van der Waals surface area (Å²) in [5.74, 6) is 1.83. The van der Waals surface area contributed by atoms with Gasteiger partial charge in [0.15, 0.2) is 10.8 Å². The fraction of sp³-hybridized carbons (Fsp3) is 0.652. The zero-order valence-corrected chi connectivity index (χ0v) is 19.5.